The number of aromatic nitrogens is 4. The van der Waals surface area contributed by atoms with E-state index in [4.69, 9.17) is 21.6 Å². The first kappa shape index (κ1) is 21.4. The molecule has 0 aliphatic carbocycles. The summed E-state index contributed by atoms with van der Waals surface area (Å²) in [5, 5.41) is 0.931. The van der Waals surface area contributed by atoms with Crippen LogP contribution in [0.2, 0.25) is 5.02 Å². The van der Waals surface area contributed by atoms with Crippen molar-refractivity contribution in [3.63, 3.8) is 0 Å². The molecule has 0 spiro atoms. The van der Waals surface area contributed by atoms with Gasteiger partial charge in [0.25, 0.3) is 0 Å². The topological polar surface area (TPSA) is 58.0 Å². The predicted molar refractivity (Wildman–Crippen MR) is 121 cm³/mol. The van der Waals surface area contributed by atoms with Crippen LogP contribution in [0.25, 0.3) is 22.3 Å². The van der Waals surface area contributed by atoms with Crippen molar-refractivity contribution in [3.8, 4) is 11.4 Å². The molecule has 0 N–H and O–H groups in total. The zero-order valence-corrected chi connectivity index (χ0v) is 18.1. The molecule has 1 fully saturated rings. The first-order valence-corrected chi connectivity index (χ1v) is 10.7. The summed E-state index contributed by atoms with van der Waals surface area (Å²) >= 11 is 6.15. The number of para-hydroxylation sites is 1. The van der Waals surface area contributed by atoms with E-state index < -0.39 is 11.7 Å². The first-order chi connectivity index (χ1) is 15.9. The highest BCUT2D eigenvalue weighted by molar-refractivity contribution is 6.33. The summed E-state index contributed by atoms with van der Waals surface area (Å²) in [5.74, 6) is 1.79. The molecule has 0 atom stereocenters. The number of alkyl halides is 3. The van der Waals surface area contributed by atoms with Gasteiger partial charge in [0.2, 0.25) is 0 Å². The Morgan fingerprint density at radius 2 is 1.52 bits per heavy atom. The van der Waals surface area contributed by atoms with Gasteiger partial charge in [0.05, 0.1) is 16.1 Å². The smallest absolute Gasteiger partial charge is 0.352 e. The SMILES string of the molecule is FC(F)(F)c1cnc(N2CCN(c3nc(-c4ccncc4)nc4ccccc34)CC2)c(Cl)c1. The van der Waals surface area contributed by atoms with E-state index in [1.807, 2.05) is 41.3 Å². The van der Waals surface area contributed by atoms with Crippen molar-refractivity contribution in [1.29, 1.82) is 0 Å². The summed E-state index contributed by atoms with van der Waals surface area (Å²) in [4.78, 5) is 21.7. The Balaban J connectivity index is 1.42. The van der Waals surface area contributed by atoms with Gasteiger partial charge in [0, 0.05) is 55.7 Å². The molecule has 4 aromatic rings. The van der Waals surface area contributed by atoms with Gasteiger partial charge in [-0.05, 0) is 30.3 Å². The molecule has 168 valence electrons. The molecular weight excluding hydrogens is 453 g/mol. The van der Waals surface area contributed by atoms with Gasteiger partial charge < -0.3 is 9.80 Å². The van der Waals surface area contributed by atoms with Crippen LogP contribution < -0.4 is 9.80 Å². The molecule has 1 aliphatic heterocycles. The summed E-state index contributed by atoms with van der Waals surface area (Å²) in [7, 11) is 0. The molecule has 0 radical (unpaired) electrons. The van der Waals surface area contributed by atoms with Crippen molar-refractivity contribution in [2.24, 2.45) is 0 Å². The van der Waals surface area contributed by atoms with Crippen LogP contribution in [0.3, 0.4) is 0 Å². The third-order valence-electron chi connectivity index (χ3n) is 5.55. The van der Waals surface area contributed by atoms with E-state index in [0.717, 1.165) is 34.5 Å². The molecule has 4 heterocycles. The van der Waals surface area contributed by atoms with E-state index >= 15 is 0 Å². The van der Waals surface area contributed by atoms with Crippen LogP contribution in [0, 0.1) is 0 Å². The molecule has 1 aromatic carbocycles. The lowest BCUT2D eigenvalue weighted by Crippen LogP contribution is -2.47. The highest BCUT2D eigenvalue weighted by Gasteiger charge is 2.32. The van der Waals surface area contributed by atoms with Crippen LogP contribution in [0.4, 0.5) is 24.8 Å². The van der Waals surface area contributed by atoms with Gasteiger partial charge in [-0.25, -0.2) is 15.0 Å². The average Bonchev–Trinajstić information content (AvgIpc) is 2.83. The van der Waals surface area contributed by atoms with Gasteiger partial charge in [0.15, 0.2) is 5.82 Å². The Bertz CT molecular complexity index is 1290. The van der Waals surface area contributed by atoms with Crippen LogP contribution in [-0.4, -0.2) is 46.1 Å². The summed E-state index contributed by atoms with van der Waals surface area (Å²) in [6, 6.07) is 12.5. The molecule has 0 unspecified atom stereocenters. The third kappa shape index (κ3) is 4.28. The lowest BCUT2D eigenvalue weighted by Gasteiger charge is -2.37. The van der Waals surface area contributed by atoms with Gasteiger partial charge in [-0.2, -0.15) is 13.2 Å². The molecule has 6 nitrogen and oxygen atoms in total. The minimum absolute atomic E-state index is 0.00858. The Morgan fingerprint density at radius 1 is 0.848 bits per heavy atom. The number of benzene rings is 1. The van der Waals surface area contributed by atoms with E-state index in [9.17, 15) is 13.2 Å². The zero-order valence-electron chi connectivity index (χ0n) is 17.3. The number of rotatable bonds is 3. The lowest BCUT2D eigenvalue weighted by molar-refractivity contribution is -0.137. The number of pyridine rings is 2. The number of nitrogens with zero attached hydrogens (tertiary/aromatic N) is 6. The second-order valence-electron chi connectivity index (χ2n) is 7.63. The zero-order chi connectivity index (χ0) is 23.0. The van der Waals surface area contributed by atoms with Crippen molar-refractivity contribution >= 4 is 34.1 Å². The van der Waals surface area contributed by atoms with Crippen LogP contribution in [0.15, 0.2) is 61.1 Å². The normalized spacial score (nSPS) is 14.7. The molecule has 10 heteroatoms. The van der Waals surface area contributed by atoms with Crippen molar-refractivity contribution in [3.05, 3.63) is 71.6 Å². The number of hydrogen-bond donors (Lipinski definition) is 0. The van der Waals surface area contributed by atoms with Crippen molar-refractivity contribution in [1.82, 2.24) is 19.9 Å². The number of halogens is 4. The van der Waals surface area contributed by atoms with Crippen LogP contribution in [0.5, 0.6) is 0 Å². The molecule has 0 bridgehead atoms. The summed E-state index contributed by atoms with van der Waals surface area (Å²) in [5.41, 5.74) is 0.853. The lowest BCUT2D eigenvalue weighted by atomic mass is 10.2. The van der Waals surface area contributed by atoms with Gasteiger partial charge in [-0.3, -0.25) is 4.98 Å². The molecule has 0 amide bonds. The van der Waals surface area contributed by atoms with Gasteiger partial charge in [-0.1, -0.05) is 23.7 Å². The van der Waals surface area contributed by atoms with E-state index in [1.54, 1.807) is 12.4 Å². The maximum absolute atomic E-state index is 12.9. The van der Waals surface area contributed by atoms with Crippen molar-refractivity contribution in [2.75, 3.05) is 36.0 Å². The number of piperazine rings is 1. The Morgan fingerprint density at radius 3 is 2.18 bits per heavy atom. The molecule has 1 saturated heterocycles. The minimum atomic E-state index is -4.48. The van der Waals surface area contributed by atoms with Crippen molar-refractivity contribution < 1.29 is 13.2 Å². The maximum atomic E-state index is 12.9. The predicted octanol–water partition coefficient (Wildman–Crippen LogP) is 5.09. The monoisotopic (exact) mass is 470 g/mol. The van der Waals surface area contributed by atoms with Crippen LogP contribution in [0.1, 0.15) is 5.56 Å². The quantitative estimate of drug-likeness (QED) is 0.416. The summed E-state index contributed by atoms with van der Waals surface area (Å²) in [6.07, 6.45) is -0.249. The minimum Gasteiger partial charge on any atom is -0.352 e. The molecule has 5 rings (SSSR count). The van der Waals surface area contributed by atoms with Gasteiger partial charge >= 0.3 is 6.18 Å². The molecule has 0 saturated carbocycles. The van der Waals surface area contributed by atoms with Crippen LogP contribution >= 0.6 is 11.6 Å². The fourth-order valence-corrected chi connectivity index (χ4v) is 4.17. The fraction of sp³-hybridized carbons (Fsp3) is 0.217. The molecule has 1 aliphatic rings. The van der Waals surface area contributed by atoms with Gasteiger partial charge in [0.1, 0.15) is 11.6 Å². The van der Waals surface area contributed by atoms with E-state index in [0.29, 0.717) is 37.8 Å². The van der Waals surface area contributed by atoms with E-state index in [2.05, 4.69) is 14.9 Å². The largest absolute Gasteiger partial charge is 0.417 e. The Kier molecular flexibility index (Phi) is 5.49. The highest BCUT2D eigenvalue weighted by Crippen LogP contribution is 2.34. The molecule has 3 aromatic heterocycles. The van der Waals surface area contributed by atoms with Gasteiger partial charge in [-0.15, -0.1) is 0 Å². The summed E-state index contributed by atoms with van der Waals surface area (Å²) < 4.78 is 38.8. The average molecular weight is 471 g/mol. The molecular formula is C23H18ClF3N6. The Labute approximate surface area is 192 Å². The second-order valence-corrected chi connectivity index (χ2v) is 8.03. The Hall–Kier alpha value is -3.46. The fourth-order valence-electron chi connectivity index (χ4n) is 3.88. The second kappa shape index (κ2) is 8.47. The maximum Gasteiger partial charge on any atom is 0.417 e. The number of hydrogen-bond acceptors (Lipinski definition) is 6. The number of anilines is 2. The van der Waals surface area contributed by atoms with E-state index in [-0.39, 0.29) is 5.02 Å². The van der Waals surface area contributed by atoms with Crippen LogP contribution in [-0.2, 0) is 6.18 Å². The number of fused-ring (bicyclic) bond motifs is 1. The highest BCUT2D eigenvalue weighted by atomic mass is 35.5. The van der Waals surface area contributed by atoms with Crippen molar-refractivity contribution in [2.45, 2.75) is 6.18 Å². The first-order valence-electron chi connectivity index (χ1n) is 10.3. The third-order valence-corrected chi connectivity index (χ3v) is 5.83. The summed E-state index contributed by atoms with van der Waals surface area (Å²) in [6.45, 7) is 2.30. The van der Waals surface area contributed by atoms with E-state index in [1.165, 1.54) is 0 Å². The molecule has 33 heavy (non-hydrogen) atoms. The standard InChI is InChI=1S/C23H18ClF3N6/c24-18-13-16(23(25,26)27)14-29-22(18)33-11-9-32(10-12-33)21-17-3-1-2-4-19(17)30-20(31-21)15-5-7-28-8-6-15/h1-8,13-14H,9-12H2.